The number of carbonyl (C=O) groups is 2. The van der Waals surface area contributed by atoms with Crippen LogP contribution in [-0.4, -0.2) is 32.2 Å². The van der Waals surface area contributed by atoms with Crippen molar-refractivity contribution in [3.8, 4) is 0 Å². The van der Waals surface area contributed by atoms with E-state index in [1.54, 1.807) is 13.8 Å². The number of hydrogen-bond acceptors (Lipinski definition) is 4. The summed E-state index contributed by atoms with van der Waals surface area (Å²) in [6, 6.07) is 0. The molecule has 0 spiro atoms. The fourth-order valence-corrected chi connectivity index (χ4v) is 4.62. The number of ketones is 2. The molecule has 136 valence electrons. The van der Waals surface area contributed by atoms with E-state index in [-0.39, 0.29) is 28.8 Å². The SMILES string of the molecule is CC(C)=CC[C@@H]1C(=O)C(C(=O)C(C)C)=C(O)C1[S+]([O-])CCC(C)C. The molecule has 2 unspecified atom stereocenters. The molecule has 0 aromatic carbocycles. The average Bonchev–Trinajstić information content (AvgIpc) is 2.72. The molecule has 1 aliphatic rings. The molecule has 0 aromatic heterocycles. The monoisotopic (exact) mass is 354 g/mol. The van der Waals surface area contributed by atoms with Gasteiger partial charge in [-0.3, -0.25) is 9.59 Å². The van der Waals surface area contributed by atoms with Gasteiger partial charge >= 0.3 is 0 Å². The van der Waals surface area contributed by atoms with Crippen LogP contribution in [0.2, 0.25) is 0 Å². The summed E-state index contributed by atoms with van der Waals surface area (Å²) >= 11 is -1.37. The first-order valence-corrected chi connectivity index (χ1v) is 9.98. The zero-order chi connectivity index (χ0) is 18.6. The van der Waals surface area contributed by atoms with Crippen molar-refractivity contribution in [3.05, 3.63) is 23.0 Å². The summed E-state index contributed by atoms with van der Waals surface area (Å²) in [5, 5.41) is 9.77. The minimum atomic E-state index is -1.37. The molecule has 0 aliphatic heterocycles. The second kappa shape index (κ2) is 8.86. The molecule has 5 heteroatoms. The van der Waals surface area contributed by atoms with E-state index in [9.17, 15) is 19.2 Å². The Morgan fingerprint density at radius 3 is 2.33 bits per heavy atom. The van der Waals surface area contributed by atoms with Crippen LogP contribution in [0.5, 0.6) is 0 Å². The summed E-state index contributed by atoms with van der Waals surface area (Å²) in [7, 11) is 0. The second-order valence-electron chi connectivity index (χ2n) is 7.46. The van der Waals surface area contributed by atoms with E-state index in [0.717, 1.165) is 12.0 Å². The molecular formula is C19H30O4S. The molecule has 3 atom stereocenters. The third-order valence-electron chi connectivity index (χ3n) is 4.20. The van der Waals surface area contributed by atoms with Gasteiger partial charge in [0.2, 0.25) is 0 Å². The molecule has 1 N–H and O–H groups in total. The molecule has 4 nitrogen and oxygen atoms in total. The van der Waals surface area contributed by atoms with Crippen LogP contribution in [0.25, 0.3) is 0 Å². The molecule has 0 amide bonds. The van der Waals surface area contributed by atoms with Crippen LogP contribution in [0.3, 0.4) is 0 Å². The Bertz CT molecular complexity index is 542. The Morgan fingerprint density at radius 1 is 1.29 bits per heavy atom. The summed E-state index contributed by atoms with van der Waals surface area (Å²) in [5.74, 6) is -1.13. The summed E-state index contributed by atoms with van der Waals surface area (Å²) in [5.41, 5.74) is 0.928. The Balaban J connectivity index is 3.16. The summed E-state index contributed by atoms with van der Waals surface area (Å²) in [4.78, 5) is 25.1. The first-order chi connectivity index (χ1) is 11.1. The highest BCUT2D eigenvalue weighted by atomic mass is 32.2. The predicted octanol–water partition coefficient (Wildman–Crippen LogP) is 3.74. The number of carbonyl (C=O) groups excluding carboxylic acids is 2. The van der Waals surface area contributed by atoms with Crippen molar-refractivity contribution in [2.75, 3.05) is 5.75 Å². The van der Waals surface area contributed by atoms with E-state index >= 15 is 0 Å². The molecule has 0 fully saturated rings. The maximum atomic E-state index is 12.7. The standard InChI is InChI=1S/C19H30O4S/c1-11(2)7-8-14-17(21)15(16(20)13(5)6)18(22)19(14)24(23)10-9-12(3)4/h7,12-14,19,22H,8-10H2,1-6H3/t14-,19?,24?/m1/s1. The molecular weight excluding hydrogens is 324 g/mol. The lowest BCUT2D eigenvalue weighted by Crippen LogP contribution is -2.33. The number of aliphatic hydroxyl groups excluding tert-OH is 1. The van der Waals surface area contributed by atoms with Crippen molar-refractivity contribution in [3.63, 3.8) is 0 Å². The first kappa shape index (κ1) is 21.0. The van der Waals surface area contributed by atoms with Gasteiger partial charge in [-0.2, -0.15) is 0 Å². The van der Waals surface area contributed by atoms with E-state index in [2.05, 4.69) is 0 Å². The summed E-state index contributed by atoms with van der Waals surface area (Å²) in [6.07, 6.45) is 3.07. The van der Waals surface area contributed by atoms with Gasteiger partial charge in [-0.1, -0.05) is 39.3 Å². The van der Waals surface area contributed by atoms with Crippen LogP contribution < -0.4 is 0 Å². The van der Waals surface area contributed by atoms with Gasteiger partial charge in [0.15, 0.2) is 22.6 Å². The van der Waals surface area contributed by atoms with Crippen molar-refractivity contribution in [1.29, 1.82) is 0 Å². The lowest BCUT2D eigenvalue weighted by atomic mass is 9.94. The van der Waals surface area contributed by atoms with Crippen LogP contribution in [0.15, 0.2) is 23.0 Å². The Hall–Kier alpha value is -1.07. The molecule has 24 heavy (non-hydrogen) atoms. The van der Waals surface area contributed by atoms with Gasteiger partial charge in [0.25, 0.3) is 0 Å². The highest BCUT2D eigenvalue weighted by Gasteiger charge is 2.50. The fraction of sp³-hybridized carbons (Fsp3) is 0.684. The summed E-state index contributed by atoms with van der Waals surface area (Å²) < 4.78 is 12.7. The van der Waals surface area contributed by atoms with E-state index in [1.807, 2.05) is 33.8 Å². The Labute approximate surface area is 148 Å². The summed E-state index contributed by atoms with van der Waals surface area (Å²) in [6.45, 7) is 11.3. The molecule has 0 saturated heterocycles. The van der Waals surface area contributed by atoms with Gasteiger partial charge in [0.05, 0.1) is 5.92 Å². The topological polar surface area (TPSA) is 77.4 Å². The van der Waals surface area contributed by atoms with Crippen molar-refractivity contribution < 1.29 is 19.2 Å². The molecule has 0 heterocycles. The lowest BCUT2D eigenvalue weighted by molar-refractivity contribution is -0.124. The number of rotatable bonds is 8. The van der Waals surface area contributed by atoms with Crippen LogP contribution in [0.4, 0.5) is 0 Å². The minimum Gasteiger partial charge on any atom is -0.616 e. The van der Waals surface area contributed by atoms with E-state index in [0.29, 0.717) is 18.1 Å². The normalized spacial score (nSPS) is 22.5. The van der Waals surface area contributed by atoms with E-state index in [4.69, 9.17) is 0 Å². The molecule has 0 bridgehead atoms. The van der Waals surface area contributed by atoms with Gasteiger partial charge in [-0.25, -0.2) is 0 Å². The predicted molar refractivity (Wildman–Crippen MR) is 98.3 cm³/mol. The Morgan fingerprint density at radius 2 is 1.88 bits per heavy atom. The third-order valence-corrected chi connectivity index (χ3v) is 5.96. The third kappa shape index (κ3) is 4.96. The van der Waals surface area contributed by atoms with E-state index in [1.165, 1.54) is 0 Å². The van der Waals surface area contributed by atoms with Crippen molar-refractivity contribution >= 4 is 22.7 Å². The maximum Gasteiger partial charge on any atom is 0.183 e. The number of aliphatic hydroxyl groups is 1. The van der Waals surface area contributed by atoms with Gasteiger partial charge in [-0.05, 0) is 43.8 Å². The van der Waals surface area contributed by atoms with Crippen LogP contribution in [0.1, 0.15) is 54.4 Å². The van der Waals surface area contributed by atoms with Crippen molar-refractivity contribution in [1.82, 2.24) is 0 Å². The number of Topliss-reactive ketones (excluding diaryl/α,β-unsaturated/α-hetero) is 2. The van der Waals surface area contributed by atoms with Gasteiger partial charge in [0, 0.05) is 5.92 Å². The smallest absolute Gasteiger partial charge is 0.183 e. The van der Waals surface area contributed by atoms with E-state index < -0.39 is 22.3 Å². The molecule has 0 saturated carbocycles. The van der Waals surface area contributed by atoms with Gasteiger partial charge < -0.3 is 9.66 Å². The lowest BCUT2D eigenvalue weighted by Gasteiger charge is -2.23. The fourth-order valence-electron chi connectivity index (χ4n) is 2.70. The first-order valence-electron chi connectivity index (χ1n) is 8.60. The molecule has 0 aromatic rings. The second-order valence-corrected chi connectivity index (χ2v) is 9.13. The average molecular weight is 355 g/mol. The maximum absolute atomic E-state index is 12.7. The zero-order valence-corrected chi connectivity index (χ0v) is 16.4. The minimum absolute atomic E-state index is 0.125. The van der Waals surface area contributed by atoms with Gasteiger partial charge in [0.1, 0.15) is 11.3 Å². The largest absolute Gasteiger partial charge is 0.616 e. The quantitative estimate of drug-likeness (QED) is 0.409. The van der Waals surface area contributed by atoms with Crippen molar-refractivity contribution in [2.45, 2.75) is 59.6 Å². The number of hydrogen-bond donors (Lipinski definition) is 1. The Kier molecular flexibility index (Phi) is 7.74. The highest BCUT2D eigenvalue weighted by molar-refractivity contribution is 7.92. The van der Waals surface area contributed by atoms with Crippen molar-refractivity contribution in [2.24, 2.45) is 17.8 Å². The van der Waals surface area contributed by atoms with Crippen LogP contribution in [0, 0.1) is 17.8 Å². The van der Waals surface area contributed by atoms with Crippen LogP contribution in [-0.2, 0) is 20.8 Å². The highest BCUT2D eigenvalue weighted by Crippen LogP contribution is 2.37. The number of allylic oxidation sites excluding steroid dienone is 3. The zero-order valence-electron chi connectivity index (χ0n) is 15.6. The van der Waals surface area contributed by atoms with Crippen LogP contribution >= 0.6 is 0 Å². The van der Waals surface area contributed by atoms with Gasteiger partial charge in [-0.15, -0.1) is 0 Å². The molecule has 0 radical (unpaired) electrons. The molecule has 1 aliphatic carbocycles. The molecule has 1 rings (SSSR count).